The molecule has 1 heterocycles. The van der Waals surface area contributed by atoms with Crippen LogP contribution in [0.1, 0.15) is 4.79 Å². The van der Waals surface area contributed by atoms with E-state index in [-0.39, 0.29) is 5.91 Å². The van der Waals surface area contributed by atoms with Gasteiger partial charge in [0, 0.05) is 15.7 Å². The van der Waals surface area contributed by atoms with Crippen LogP contribution in [0.15, 0.2) is 83.8 Å². The summed E-state index contributed by atoms with van der Waals surface area (Å²) in [6.07, 6.45) is 0. The third kappa shape index (κ3) is 2.53. The lowest BCUT2D eigenvalue weighted by molar-refractivity contribution is 0.0951. The highest BCUT2D eigenvalue weighted by Gasteiger charge is 2.15. The number of benzene rings is 3. The highest BCUT2D eigenvalue weighted by Crippen LogP contribution is 2.29. The SMILES string of the molecule is O=C(CSc1ccccc1)n1c2ccccc2c2ccccc21. The van der Waals surface area contributed by atoms with E-state index in [1.54, 1.807) is 11.8 Å². The second kappa shape index (κ2) is 5.94. The van der Waals surface area contributed by atoms with E-state index in [2.05, 4.69) is 12.1 Å². The van der Waals surface area contributed by atoms with Crippen LogP contribution in [0, 0.1) is 0 Å². The van der Waals surface area contributed by atoms with Crippen LogP contribution in [0.25, 0.3) is 21.8 Å². The summed E-state index contributed by atoms with van der Waals surface area (Å²) in [5.41, 5.74) is 1.96. The molecule has 3 heteroatoms. The molecule has 0 unspecified atom stereocenters. The minimum Gasteiger partial charge on any atom is -0.279 e. The Hall–Kier alpha value is -2.52. The number of hydrogen-bond acceptors (Lipinski definition) is 2. The van der Waals surface area contributed by atoms with E-state index in [4.69, 9.17) is 0 Å². The summed E-state index contributed by atoms with van der Waals surface area (Å²) in [4.78, 5) is 14.0. The summed E-state index contributed by atoms with van der Waals surface area (Å²) in [6, 6.07) is 26.2. The third-order valence-corrected chi connectivity index (χ3v) is 4.93. The fraction of sp³-hybridized carbons (Fsp3) is 0.0500. The maximum absolute atomic E-state index is 12.8. The highest BCUT2D eigenvalue weighted by atomic mass is 32.2. The zero-order valence-electron chi connectivity index (χ0n) is 12.5. The molecule has 0 radical (unpaired) electrons. The fourth-order valence-electron chi connectivity index (χ4n) is 2.92. The van der Waals surface area contributed by atoms with Crippen LogP contribution in [0.3, 0.4) is 0 Å². The minimum absolute atomic E-state index is 0.108. The maximum atomic E-state index is 12.8. The van der Waals surface area contributed by atoms with Gasteiger partial charge in [0.15, 0.2) is 0 Å². The monoisotopic (exact) mass is 317 g/mol. The fourth-order valence-corrected chi connectivity index (χ4v) is 3.69. The predicted molar refractivity (Wildman–Crippen MR) is 97.2 cm³/mol. The first kappa shape index (κ1) is 14.1. The number of carbonyl (C=O) groups is 1. The number of hydrogen-bond donors (Lipinski definition) is 0. The van der Waals surface area contributed by atoms with Crippen LogP contribution >= 0.6 is 11.8 Å². The smallest absolute Gasteiger partial charge is 0.241 e. The molecule has 0 saturated carbocycles. The summed E-state index contributed by atoms with van der Waals surface area (Å²) in [7, 11) is 0. The molecule has 0 aliphatic carbocycles. The minimum atomic E-state index is 0.108. The van der Waals surface area contributed by atoms with Crippen LogP contribution in [0.5, 0.6) is 0 Å². The van der Waals surface area contributed by atoms with Crippen LogP contribution in [-0.2, 0) is 0 Å². The second-order valence-electron chi connectivity index (χ2n) is 5.37. The van der Waals surface area contributed by atoms with Gasteiger partial charge >= 0.3 is 0 Å². The summed E-state index contributed by atoms with van der Waals surface area (Å²) in [5, 5.41) is 2.25. The van der Waals surface area contributed by atoms with Crippen molar-refractivity contribution < 1.29 is 4.79 Å². The molecule has 23 heavy (non-hydrogen) atoms. The molecule has 3 aromatic carbocycles. The Morgan fingerprint density at radius 2 is 1.26 bits per heavy atom. The summed E-state index contributed by atoms with van der Waals surface area (Å²) < 4.78 is 1.85. The lowest BCUT2D eigenvalue weighted by atomic mass is 10.2. The molecule has 112 valence electrons. The van der Waals surface area contributed by atoms with Crippen molar-refractivity contribution in [2.24, 2.45) is 0 Å². The number of carbonyl (C=O) groups excluding carboxylic acids is 1. The standard InChI is InChI=1S/C20H15NOS/c22-20(14-23-15-8-2-1-3-9-15)21-18-12-6-4-10-16(18)17-11-5-7-13-19(17)21/h1-13H,14H2. The number of thioether (sulfide) groups is 1. The Labute approximate surface area is 138 Å². The molecule has 0 saturated heterocycles. The van der Waals surface area contributed by atoms with E-state index in [0.717, 1.165) is 26.7 Å². The van der Waals surface area contributed by atoms with Gasteiger partial charge in [-0.15, -0.1) is 11.8 Å². The molecule has 0 spiro atoms. The van der Waals surface area contributed by atoms with Gasteiger partial charge in [-0.05, 0) is 24.3 Å². The van der Waals surface area contributed by atoms with E-state index >= 15 is 0 Å². The van der Waals surface area contributed by atoms with Gasteiger partial charge in [0.05, 0.1) is 16.8 Å². The number of para-hydroxylation sites is 2. The Morgan fingerprint density at radius 1 is 0.739 bits per heavy atom. The van der Waals surface area contributed by atoms with Crippen molar-refractivity contribution in [2.75, 3.05) is 5.75 Å². The first-order chi connectivity index (χ1) is 11.3. The van der Waals surface area contributed by atoms with Gasteiger partial charge < -0.3 is 0 Å². The van der Waals surface area contributed by atoms with Crippen molar-refractivity contribution in [3.8, 4) is 0 Å². The molecule has 0 bridgehead atoms. The second-order valence-corrected chi connectivity index (χ2v) is 6.41. The Balaban J connectivity index is 1.76. The van der Waals surface area contributed by atoms with Crippen molar-refractivity contribution in [1.29, 1.82) is 0 Å². The molecule has 1 aromatic heterocycles. The molecular weight excluding hydrogens is 302 g/mol. The van der Waals surface area contributed by atoms with Crippen molar-refractivity contribution in [2.45, 2.75) is 4.90 Å². The number of nitrogens with zero attached hydrogens (tertiary/aromatic N) is 1. The first-order valence-electron chi connectivity index (χ1n) is 7.54. The third-order valence-electron chi connectivity index (χ3n) is 3.93. The largest absolute Gasteiger partial charge is 0.279 e. The van der Waals surface area contributed by atoms with Crippen molar-refractivity contribution in [1.82, 2.24) is 4.57 Å². The quantitative estimate of drug-likeness (QED) is 0.483. The van der Waals surface area contributed by atoms with Crippen LogP contribution in [-0.4, -0.2) is 16.2 Å². The van der Waals surface area contributed by atoms with E-state index < -0.39 is 0 Å². The zero-order valence-corrected chi connectivity index (χ0v) is 13.3. The molecule has 2 nitrogen and oxygen atoms in total. The van der Waals surface area contributed by atoms with Gasteiger partial charge in [-0.3, -0.25) is 9.36 Å². The van der Waals surface area contributed by atoms with Crippen LogP contribution < -0.4 is 0 Å². The lowest BCUT2D eigenvalue weighted by Crippen LogP contribution is -2.12. The summed E-state index contributed by atoms with van der Waals surface area (Å²) in [5.74, 6) is 0.531. The number of aromatic nitrogens is 1. The Kier molecular flexibility index (Phi) is 3.64. The van der Waals surface area contributed by atoms with Crippen molar-refractivity contribution in [3.63, 3.8) is 0 Å². The van der Waals surface area contributed by atoms with Gasteiger partial charge in [-0.25, -0.2) is 0 Å². The average molecular weight is 317 g/mol. The van der Waals surface area contributed by atoms with Crippen LogP contribution in [0.4, 0.5) is 0 Å². The van der Waals surface area contributed by atoms with E-state index in [9.17, 15) is 4.79 Å². The van der Waals surface area contributed by atoms with Crippen molar-refractivity contribution >= 4 is 39.5 Å². The number of fused-ring (bicyclic) bond motifs is 3. The Morgan fingerprint density at radius 3 is 1.87 bits per heavy atom. The molecule has 4 rings (SSSR count). The molecule has 0 atom stereocenters. The molecule has 0 N–H and O–H groups in total. The van der Waals surface area contributed by atoms with Gasteiger partial charge in [0.1, 0.15) is 0 Å². The topological polar surface area (TPSA) is 22.0 Å². The molecule has 0 fully saturated rings. The lowest BCUT2D eigenvalue weighted by Gasteiger charge is -2.06. The normalized spacial score (nSPS) is 11.1. The van der Waals surface area contributed by atoms with Gasteiger partial charge in [-0.1, -0.05) is 54.6 Å². The predicted octanol–water partition coefficient (Wildman–Crippen LogP) is 5.23. The van der Waals surface area contributed by atoms with Crippen molar-refractivity contribution in [3.05, 3.63) is 78.9 Å². The van der Waals surface area contributed by atoms with Crippen LogP contribution in [0.2, 0.25) is 0 Å². The molecule has 0 aliphatic heterocycles. The highest BCUT2D eigenvalue weighted by molar-refractivity contribution is 8.00. The van der Waals surface area contributed by atoms with Gasteiger partial charge in [-0.2, -0.15) is 0 Å². The number of rotatable bonds is 3. The van der Waals surface area contributed by atoms with E-state index in [1.807, 2.05) is 71.3 Å². The first-order valence-corrected chi connectivity index (χ1v) is 8.52. The summed E-state index contributed by atoms with van der Waals surface area (Å²) in [6.45, 7) is 0. The molecule has 4 aromatic rings. The Bertz CT molecular complexity index is 935. The molecule has 0 amide bonds. The maximum Gasteiger partial charge on any atom is 0.241 e. The summed E-state index contributed by atoms with van der Waals surface area (Å²) >= 11 is 1.57. The van der Waals surface area contributed by atoms with Gasteiger partial charge in [0.25, 0.3) is 0 Å². The molecule has 0 aliphatic rings. The van der Waals surface area contributed by atoms with Gasteiger partial charge in [0.2, 0.25) is 5.91 Å². The van der Waals surface area contributed by atoms with E-state index in [1.165, 1.54) is 0 Å². The average Bonchev–Trinajstić information content (AvgIpc) is 2.95. The molecular formula is C20H15NOS. The van der Waals surface area contributed by atoms with E-state index in [0.29, 0.717) is 5.75 Å². The zero-order chi connectivity index (χ0) is 15.6.